The maximum absolute atomic E-state index is 6.04. The second-order valence-corrected chi connectivity index (χ2v) is 5.04. The van der Waals surface area contributed by atoms with E-state index in [1.165, 1.54) is 0 Å². The molecule has 2 aromatic carbocycles. The first-order valence-corrected chi connectivity index (χ1v) is 6.30. The summed E-state index contributed by atoms with van der Waals surface area (Å²) in [5.74, 6) is 0. The van der Waals surface area contributed by atoms with Crippen LogP contribution in [0.2, 0.25) is 20.1 Å². The average molecular weight is 304 g/mol. The third kappa shape index (κ3) is 3.29. The van der Waals surface area contributed by atoms with E-state index in [2.05, 4.69) is 12.1 Å². The van der Waals surface area contributed by atoms with Crippen molar-refractivity contribution in [1.82, 2.24) is 0 Å². The molecule has 0 atom stereocenters. The summed E-state index contributed by atoms with van der Waals surface area (Å²) in [5, 5.41) is 1.99. The van der Waals surface area contributed by atoms with E-state index < -0.39 is 0 Å². The van der Waals surface area contributed by atoms with Gasteiger partial charge in [-0.15, -0.1) is 0 Å². The molecule has 0 fully saturated rings. The van der Waals surface area contributed by atoms with E-state index >= 15 is 0 Å². The molecule has 0 aromatic heterocycles. The van der Waals surface area contributed by atoms with Gasteiger partial charge < -0.3 is 0 Å². The van der Waals surface area contributed by atoms with Crippen LogP contribution in [0.25, 0.3) is 0 Å². The van der Waals surface area contributed by atoms with Crippen LogP contribution in [0.5, 0.6) is 0 Å². The molecule has 0 saturated heterocycles. The van der Waals surface area contributed by atoms with Gasteiger partial charge in [0.15, 0.2) is 0 Å². The van der Waals surface area contributed by atoms with Crippen molar-refractivity contribution < 1.29 is 0 Å². The highest BCUT2D eigenvalue weighted by Crippen LogP contribution is 2.27. The quantitative estimate of drug-likeness (QED) is 0.688. The zero-order valence-corrected chi connectivity index (χ0v) is 11.6. The van der Waals surface area contributed by atoms with Crippen LogP contribution in [-0.4, -0.2) is 0 Å². The fourth-order valence-corrected chi connectivity index (χ4v) is 2.30. The molecular weight excluding hydrogens is 298 g/mol. The minimum absolute atomic E-state index is 0.493. The monoisotopic (exact) mass is 302 g/mol. The number of hydrogen-bond donors (Lipinski definition) is 0. The second kappa shape index (κ2) is 5.49. The Balaban J connectivity index is 2.31. The van der Waals surface area contributed by atoms with E-state index in [9.17, 15) is 0 Å². The summed E-state index contributed by atoms with van der Waals surface area (Å²) < 4.78 is 0. The Kier molecular flexibility index (Phi) is 4.22. The Morgan fingerprint density at radius 1 is 0.706 bits per heavy atom. The standard InChI is InChI=1S/C13H6Cl4/c14-10-3-1-8(12(16)6-10)5-9-2-4-11(15)7-13(9)17/h1-4H,5H2. The normalized spacial score (nSPS) is 10.6. The van der Waals surface area contributed by atoms with Crippen molar-refractivity contribution in [3.05, 3.63) is 67.6 Å². The van der Waals surface area contributed by atoms with Crippen LogP contribution >= 0.6 is 46.4 Å². The summed E-state index contributed by atoms with van der Waals surface area (Å²) in [5.41, 5.74) is 1.82. The lowest BCUT2D eigenvalue weighted by Gasteiger charge is -2.06. The van der Waals surface area contributed by atoms with Crippen LogP contribution in [0.15, 0.2) is 24.3 Å². The third-order valence-corrected chi connectivity index (χ3v) is 3.38. The molecular formula is C13H6Cl4. The van der Waals surface area contributed by atoms with Gasteiger partial charge in [-0.05, 0) is 23.3 Å². The van der Waals surface area contributed by atoms with Gasteiger partial charge in [0.05, 0.1) is 20.1 Å². The molecule has 0 bridgehead atoms. The van der Waals surface area contributed by atoms with Crippen molar-refractivity contribution in [1.29, 1.82) is 0 Å². The lowest BCUT2D eigenvalue weighted by molar-refractivity contribution is 1.19. The maximum Gasteiger partial charge on any atom is 0.0535 e. The Hall–Kier alpha value is -0.400. The number of rotatable bonds is 2. The summed E-state index contributed by atoms with van der Waals surface area (Å²) in [7, 11) is 0. The maximum atomic E-state index is 6.04. The highest BCUT2D eigenvalue weighted by Gasteiger charge is 2.07. The highest BCUT2D eigenvalue weighted by atomic mass is 35.5. The van der Waals surface area contributed by atoms with Gasteiger partial charge in [-0.2, -0.15) is 0 Å². The number of benzene rings is 2. The third-order valence-electron chi connectivity index (χ3n) is 2.26. The minimum atomic E-state index is 0.493. The molecule has 2 radical (unpaired) electrons. The fourth-order valence-electron chi connectivity index (χ4n) is 1.43. The fraction of sp³-hybridized carbons (Fsp3) is 0.0769. The van der Waals surface area contributed by atoms with Gasteiger partial charge in [-0.1, -0.05) is 58.5 Å². The summed E-state index contributed by atoms with van der Waals surface area (Å²) in [4.78, 5) is 0. The summed E-state index contributed by atoms with van der Waals surface area (Å²) in [6, 6.07) is 12.9. The minimum Gasteiger partial charge on any atom is -0.0836 e. The molecule has 0 aliphatic carbocycles. The number of hydrogen-bond acceptors (Lipinski definition) is 0. The van der Waals surface area contributed by atoms with E-state index in [1.54, 1.807) is 12.1 Å². The van der Waals surface area contributed by atoms with E-state index in [0.717, 1.165) is 11.1 Å². The van der Waals surface area contributed by atoms with Crippen molar-refractivity contribution in [3.63, 3.8) is 0 Å². The first-order chi connectivity index (χ1) is 8.06. The molecule has 0 saturated carbocycles. The van der Waals surface area contributed by atoms with Crippen molar-refractivity contribution >= 4 is 46.4 Å². The van der Waals surface area contributed by atoms with E-state index in [-0.39, 0.29) is 0 Å². The predicted molar refractivity (Wildman–Crippen MR) is 73.4 cm³/mol. The summed E-state index contributed by atoms with van der Waals surface area (Å²) in [6.45, 7) is 0. The highest BCUT2D eigenvalue weighted by molar-refractivity contribution is 6.35. The summed E-state index contributed by atoms with van der Waals surface area (Å²) >= 11 is 23.7. The van der Waals surface area contributed by atoms with Gasteiger partial charge in [-0.25, -0.2) is 0 Å². The van der Waals surface area contributed by atoms with Gasteiger partial charge >= 0.3 is 0 Å². The van der Waals surface area contributed by atoms with E-state index in [0.29, 0.717) is 26.5 Å². The van der Waals surface area contributed by atoms with Gasteiger partial charge in [0, 0.05) is 18.6 Å². The SMILES string of the molecule is Clc1[c]c(Cl)c(Cc2ccc(Cl)[c]c2Cl)cc1. The molecule has 0 aliphatic heterocycles. The Morgan fingerprint density at radius 2 is 1.12 bits per heavy atom. The molecule has 17 heavy (non-hydrogen) atoms. The first kappa shape index (κ1) is 13.0. The Labute approximate surface area is 120 Å². The molecule has 86 valence electrons. The Morgan fingerprint density at radius 3 is 1.47 bits per heavy atom. The Bertz CT molecular complexity index is 500. The average Bonchev–Trinajstić information content (AvgIpc) is 2.25. The van der Waals surface area contributed by atoms with Crippen LogP contribution in [0.4, 0.5) is 0 Å². The van der Waals surface area contributed by atoms with Crippen LogP contribution in [0.1, 0.15) is 11.1 Å². The van der Waals surface area contributed by atoms with Crippen LogP contribution in [-0.2, 0) is 6.42 Å². The van der Waals surface area contributed by atoms with Crippen LogP contribution in [0.3, 0.4) is 0 Å². The molecule has 0 unspecified atom stereocenters. The van der Waals surface area contributed by atoms with Crippen molar-refractivity contribution in [2.75, 3.05) is 0 Å². The molecule has 4 heteroatoms. The van der Waals surface area contributed by atoms with Gasteiger partial charge in [0.2, 0.25) is 0 Å². The predicted octanol–water partition coefficient (Wildman–Crippen LogP) is 5.49. The van der Waals surface area contributed by atoms with Gasteiger partial charge in [0.25, 0.3) is 0 Å². The van der Waals surface area contributed by atoms with E-state index in [1.807, 2.05) is 12.1 Å². The molecule has 2 rings (SSSR count). The van der Waals surface area contributed by atoms with Crippen molar-refractivity contribution in [3.8, 4) is 0 Å². The van der Waals surface area contributed by atoms with Crippen molar-refractivity contribution in [2.45, 2.75) is 6.42 Å². The zero-order valence-electron chi connectivity index (χ0n) is 8.53. The molecule has 2 aromatic rings. The first-order valence-electron chi connectivity index (χ1n) is 4.78. The van der Waals surface area contributed by atoms with Crippen LogP contribution in [0, 0.1) is 12.1 Å². The lowest BCUT2D eigenvalue weighted by Crippen LogP contribution is -1.91. The van der Waals surface area contributed by atoms with E-state index in [4.69, 9.17) is 46.4 Å². The lowest BCUT2D eigenvalue weighted by atomic mass is 10.1. The van der Waals surface area contributed by atoms with Crippen LogP contribution < -0.4 is 0 Å². The molecule has 0 amide bonds. The second-order valence-electron chi connectivity index (χ2n) is 3.47. The van der Waals surface area contributed by atoms with Gasteiger partial charge in [0.1, 0.15) is 0 Å². The van der Waals surface area contributed by atoms with Crippen molar-refractivity contribution in [2.24, 2.45) is 0 Å². The molecule has 0 spiro atoms. The van der Waals surface area contributed by atoms with Gasteiger partial charge in [-0.3, -0.25) is 0 Å². The molecule has 0 heterocycles. The topological polar surface area (TPSA) is 0 Å². The zero-order chi connectivity index (χ0) is 12.4. The number of halogens is 4. The summed E-state index contributed by atoms with van der Waals surface area (Å²) in [6.07, 6.45) is 0.596. The largest absolute Gasteiger partial charge is 0.0836 e. The molecule has 0 nitrogen and oxygen atoms in total. The smallest absolute Gasteiger partial charge is 0.0535 e. The molecule has 0 N–H and O–H groups in total. The molecule has 0 aliphatic rings.